The summed E-state index contributed by atoms with van der Waals surface area (Å²) in [6.45, 7) is 16.8. The van der Waals surface area contributed by atoms with Gasteiger partial charge in [-0.25, -0.2) is 12.7 Å². The maximum atomic E-state index is 14.8. The number of benzene rings is 2. The maximum absolute atomic E-state index is 14.8. The number of anilines is 1. The van der Waals surface area contributed by atoms with Crippen molar-refractivity contribution in [3.8, 4) is 11.1 Å². The van der Waals surface area contributed by atoms with Crippen LogP contribution in [0.4, 0.5) is 5.88 Å². The first kappa shape index (κ1) is 38.0. The maximum Gasteiger partial charge on any atom is 0.269 e. The van der Waals surface area contributed by atoms with Crippen molar-refractivity contribution in [3.63, 3.8) is 0 Å². The summed E-state index contributed by atoms with van der Waals surface area (Å²) >= 11 is 0. The molecule has 1 aliphatic carbocycles. The van der Waals surface area contributed by atoms with Crippen LogP contribution in [0.25, 0.3) is 11.1 Å². The van der Waals surface area contributed by atoms with Gasteiger partial charge < -0.3 is 9.26 Å². The third-order valence-electron chi connectivity index (χ3n) is 10.6. The largest absolute Gasteiger partial charge is 0.360 e. The lowest BCUT2D eigenvalue weighted by Gasteiger charge is -2.29. The topological polar surface area (TPSA) is 105 Å². The highest BCUT2D eigenvalue weighted by Gasteiger charge is 2.49. The molecule has 1 spiro atoms. The van der Waals surface area contributed by atoms with Gasteiger partial charge in [0.05, 0.1) is 25.2 Å². The molecule has 1 aliphatic heterocycles. The van der Waals surface area contributed by atoms with Crippen molar-refractivity contribution in [2.24, 2.45) is 4.99 Å². The Morgan fingerprint density at radius 1 is 1.00 bits per heavy atom. The third-order valence-corrected chi connectivity index (χ3v) is 14.9. The number of ether oxygens (including phenoxy) is 1. The summed E-state index contributed by atoms with van der Waals surface area (Å²) in [6, 6.07) is 13.4. The number of sulfonamides is 1. The molecule has 0 N–H and O–H groups in total. The molecule has 0 saturated heterocycles. The molecule has 1 aromatic heterocycles. The SMILES string of the molecule is CCCCC1=NC2(CCCC2)C(=O)N1Cc1ccc(-c2ccccc2S(=O)(=O)N(COC(C)[Si](C)(C)C)c2onc(C)c2C)c(CCCC)c1. The Morgan fingerprint density at radius 3 is 2.32 bits per heavy atom. The number of carbonyl (C=O) groups is 1. The molecule has 0 radical (unpaired) electrons. The van der Waals surface area contributed by atoms with E-state index in [4.69, 9.17) is 14.3 Å². The van der Waals surface area contributed by atoms with E-state index in [1.165, 1.54) is 4.31 Å². The normalized spacial score (nSPS) is 16.8. The quantitative estimate of drug-likeness (QED) is 0.108. The van der Waals surface area contributed by atoms with Crippen molar-refractivity contribution < 1.29 is 22.5 Å². The molecule has 5 rings (SSSR count). The minimum Gasteiger partial charge on any atom is -0.360 e. The standard InChI is InChI=1S/C39H56N4O5SSi/c1-9-11-17-32-25-31(26-42-36(20-12-10-2)40-39(38(42)44)23-15-16-24-39)21-22-33(32)34-18-13-14-19-35(34)49(45,46)43(27-47-30(5)50(6,7)8)37-28(3)29(4)41-48-37/h13-14,18-19,21-22,25,30H,9-12,15-17,20,23-24,26-27H2,1-8H3. The van der Waals surface area contributed by atoms with E-state index in [0.29, 0.717) is 23.4 Å². The number of hydrogen-bond acceptors (Lipinski definition) is 7. The van der Waals surface area contributed by atoms with Gasteiger partial charge in [0.2, 0.25) is 5.88 Å². The summed E-state index contributed by atoms with van der Waals surface area (Å²) in [5.74, 6) is 1.22. The zero-order valence-electron chi connectivity index (χ0n) is 31.3. The predicted molar refractivity (Wildman–Crippen MR) is 204 cm³/mol. The Hall–Kier alpha value is -3.28. The highest BCUT2D eigenvalue weighted by atomic mass is 32.2. The van der Waals surface area contributed by atoms with Gasteiger partial charge in [-0.3, -0.25) is 14.7 Å². The van der Waals surface area contributed by atoms with E-state index in [9.17, 15) is 13.2 Å². The van der Waals surface area contributed by atoms with Crippen LogP contribution in [0.15, 0.2) is 56.9 Å². The Kier molecular flexibility index (Phi) is 11.8. The first-order valence-electron chi connectivity index (χ1n) is 18.4. The molecule has 272 valence electrons. The van der Waals surface area contributed by atoms with E-state index in [0.717, 1.165) is 86.7 Å². The van der Waals surface area contributed by atoms with E-state index in [-0.39, 0.29) is 29.1 Å². The van der Waals surface area contributed by atoms with Crippen molar-refractivity contribution in [2.45, 2.75) is 141 Å². The van der Waals surface area contributed by atoms with Gasteiger partial charge in [0, 0.05) is 23.3 Å². The van der Waals surface area contributed by atoms with Gasteiger partial charge in [-0.05, 0) is 75.6 Å². The average Bonchev–Trinajstić information content (AvgIpc) is 3.77. The molecule has 0 bridgehead atoms. The summed E-state index contributed by atoms with van der Waals surface area (Å²) in [7, 11) is -5.89. The number of nitrogens with zero attached hydrogens (tertiary/aromatic N) is 4. The van der Waals surface area contributed by atoms with Gasteiger partial charge in [0.15, 0.2) is 0 Å². The van der Waals surface area contributed by atoms with Crippen LogP contribution in [-0.4, -0.2) is 56.3 Å². The molecule has 1 atom stereocenters. The molecule has 2 aliphatic rings. The molecule has 11 heteroatoms. The summed E-state index contributed by atoms with van der Waals surface area (Å²) in [4.78, 5) is 21.1. The van der Waals surface area contributed by atoms with Crippen LogP contribution < -0.4 is 4.31 Å². The number of rotatable bonds is 16. The highest BCUT2D eigenvalue weighted by molar-refractivity contribution is 7.93. The summed E-state index contributed by atoms with van der Waals surface area (Å²) in [5.41, 5.74) is 4.18. The van der Waals surface area contributed by atoms with E-state index >= 15 is 0 Å². The molecule has 2 aromatic carbocycles. The number of aromatic nitrogens is 1. The predicted octanol–water partition coefficient (Wildman–Crippen LogP) is 8.98. The van der Waals surface area contributed by atoms with Crippen LogP contribution in [0.1, 0.15) is 101 Å². The van der Waals surface area contributed by atoms with Gasteiger partial charge in [-0.15, -0.1) is 0 Å². The zero-order valence-corrected chi connectivity index (χ0v) is 33.2. The fourth-order valence-corrected chi connectivity index (χ4v) is 8.90. The monoisotopic (exact) mass is 720 g/mol. The molecular formula is C39H56N4O5SSi. The smallest absolute Gasteiger partial charge is 0.269 e. The third kappa shape index (κ3) is 7.79. The summed E-state index contributed by atoms with van der Waals surface area (Å²) in [5, 5.41) is 4.09. The van der Waals surface area contributed by atoms with Crippen molar-refractivity contribution in [1.82, 2.24) is 10.1 Å². The molecule has 3 aromatic rings. The Morgan fingerprint density at radius 2 is 1.68 bits per heavy atom. The van der Waals surface area contributed by atoms with Crippen molar-refractivity contribution >= 4 is 35.7 Å². The molecule has 1 saturated carbocycles. The number of unbranched alkanes of at least 4 members (excludes halogenated alkanes) is 2. The average molecular weight is 721 g/mol. The Bertz CT molecular complexity index is 1810. The van der Waals surface area contributed by atoms with Crippen molar-refractivity contribution in [2.75, 3.05) is 11.0 Å². The lowest BCUT2D eigenvalue weighted by Crippen LogP contribution is -2.42. The second kappa shape index (κ2) is 15.5. The minimum atomic E-state index is -4.16. The molecule has 9 nitrogen and oxygen atoms in total. The number of aliphatic imine (C=N–C) groups is 1. The van der Waals surface area contributed by atoms with E-state index in [1.54, 1.807) is 19.1 Å². The summed E-state index contributed by atoms with van der Waals surface area (Å²) in [6.07, 6.45) is 9.31. The second-order valence-electron chi connectivity index (χ2n) is 15.2. The number of hydrogen-bond donors (Lipinski definition) is 0. The van der Waals surface area contributed by atoms with Gasteiger partial charge in [0.1, 0.15) is 18.1 Å². The second-order valence-corrected chi connectivity index (χ2v) is 22.6. The van der Waals surface area contributed by atoms with Crippen LogP contribution in [-0.2, 0) is 32.5 Å². The van der Waals surface area contributed by atoms with Crippen molar-refractivity contribution in [1.29, 1.82) is 0 Å². The molecule has 1 fully saturated rings. The Balaban J connectivity index is 1.53. The lowest BCUT2D eigenvalue weighted by molar-refractivity contribution is -0.131. The molecule has 50 heavy (non-hydrogen) atoms. The van der Waals surface area contributed by atoms with E-state index in [2.05, 4.69) is 44.7 Å². The zero-order chi connectivity index (χ0) is 36.3. The van der Waals surface area contributed by atoms with Gasteiger partial charge in [0.25, 0.3) is 15.9 Å². The fraction of sp³-hybridized carbons (Fsp3) is 0.564. The lowest BCUT2D eigenvalue weighted by atomic mass is 9.93. The number of aryl methyl sites for hydroxylation is 2. The van der Waals surface area contributed by atoms with Gasteiger partial charge >= 0.3 is 0 Å². The highest BCUT2D eigenvalue weighted by Crippen LogP contribution is 2.41. The van der Waals surface area contributed by atoms with E-state index in [1.807, 2.05) is 43.0 Å². The van der Waals surface area contributed by atoms with E-state index < -0.39 is 23.6 Å². The molecule has 1 amide bonds. The van der Waals surface area contributed by atoms with Crippen LogP contribution in [0.5, 0.6) is 0 Å². The first-order valence-corrected chi connectivity index (χ1v) is 23.4. The van der Waals surface area contributed by atoms with Gasteiger partial charge in [-0.2, -0.15) is 0 Å². The first-order chi connectivity index (χ1) is 23.7. The summed E-state index contributed by atoms with van der Waals surface area (Å²) < 4.78 is 42.7. The van der Waals surface area contributed by atoms with Crippen LogP contribution in [0, 0.1) is 13.8 Å². The van der Waals surface area contributed by atoms with Crippen molar-refractivity contribution in [3.05, 3.63) is 64.8 Å². The van der Waals surface area contributed by atoms with Crippen LogP contribution in [0.2, 0.25) is 19.6 Å². The van der Waals surface area contributed by atoms with Crippen LogP contribution >= 0.6 is 0 Å². The number of carbonyl (C=O) groups excluding carboxylic acids is 1. The number of amides is 1. The minimum absolute atomic E-state index is 0.0912. The fourth-order valence-electron chi connectivity index (χ4n) is 6.80. The Labute approximate surface area is 300 Å². The molecular weight excluding hydrogens is 665 g/mol. The number of amidine groups is 1. The van der Waals surface area contributed by atoms with Crippen LogP contribution in [0.3, 0.4) is 0 Å². The molecule has 2 heterocycles. The molecule has 1 unspecified atom stereocenters. The van der Waals surface area contributed by atoms with Gasteiger partial charge in [-0.1, -0.05) is 101 Å².